The normalized spacial score (nSPS) is 12.7. The van der Waals surface area contributed by atoms with Gasteiger partial charge in [0.15, 0.2) is 0 Å². The molecule has 0 amide bonds. The van der Waals surface area contributed by atoms with Crippen LogP contribution in [0, 0.1) is 0 Å². The minimum Gasteiger partial charge on any atom is -0.394 e. The largest absolute Gasteiger partial charge is 0.394 e. The molecule has 1 aliphatic carbocycles. The molecule has 0 unspecified atom stereocenters. The molecule has 0 aromatic rings. The van der Waals surface area contributed by atoms with Crippen LogP contribution in [0.25, 0.3) is 0 Å². The SMILES string of the molecule is C1CCC1.NCCCOCCCN.OCCO. The molecule has 0 aromatic heterocycles. The standard InChI is InChI=1S/C6H16N2O.C4H8.C2H6O2/c7-3-1-5-9-6-2-4-8;1-2-4-3-1;3-1-2-4/h1-8H2;1-4H2;3-4H,1-2H2. The van der Waals surface area contributed by atoms with Gasteiger partial charge in [0.25, 0.3) is 0 Å². The molecule has 1 fully saturated rings. The van der Waals surface area contributed by atoms with Gasteiger partial charge in [0, 0.05) is 13.2 Å². The quantitative estimate of drug-likeness (QED) is 0.485. The first-order valence-corrected chi connectivity index (χ1v) is 6.53. The van der Waals surface area contributed by atoms with Crippen molar-refractivity contribution in [1.82, 2.24) is 0 Å². The molecule has 0 heterocycles. The van der Waals surface area contributed by atoms with Gasteiger partial charge in [0.2, 0.25) is 0 Å². The lowest BCUT2D eigenvalue weighted by atomic mass is 10.0. The van der Waals surface area contributed by atoms with E-state index in [1.165, 1.54) is 25.7 Å². The first-order valence-electron chi connectivity index (χ1n) is 6.53. The van der Waals surface area contributed by atoms with Crippen LogP contribution in [0.4, 0.5) is 0 Å². The third-order valence-corrected chi connectivity index (χ3v) is 2.09. The number of rotatable bonds is 7. The fraction of sp³-hybridized carbons (Fsp3) is 1.00. The molecule has 5 heteroatoms. The van der Waals surface area contributed by atoms with E-state index in [0.717, 1.165) is 26.1 Å². The van der Waals surface area contributed by atoms with E-state index < -0.39 is 0 Å². The summed E-state index contributed by atoms with van der Waals surface area (Å²) in [6, 6.07) is 0. The Morgan fingerprint density at radius 1 is 0.765 bits per heavy atom. The lowest BCUT2D eigenvalue weighted by Crippen LogP contribution is -2.08. The summed E-state index contributed by atoms with van der Waals surface area (Å²) in [7, 11) is 0. The molecular weight excluding hydrogens is 220 g/mol. The predicted molar refractivity (Wildman–Crippen MR) is 70.8 cm³/mol. The molecule has 0 atom stereocenters. The van der Waals surface area contributed by atoms with E-state index >= 15 is 0 Å². The predicted octanol–water partition coefficient (Wildman–Crippen LogP) is 0.232. The molecule has 0 aliphatic heterocycles. The summed E-state index contributed by atoms with van der Waals surface area (Å²) in [5.74, 6) is 0. The van der Waals surface area contributed by atoms with Gasteiger partial charge in [-0.15, -0.1) is 0 Å². The summed E-state index contributed by atoms with van der Waals surface area (Å²) in [5, 5.41) is 15.2. The molecular formula is C12H30N2O3. The van der Waals surface area contributed by atoms with E-state index in [0.29, 0.717) is 13.1 Å². The van der Waals surface area contributed by atoms with Crippen LogP contribution >= 0.6 is 0 Å². The van der Waals surface area contributed by atoms with Gasteiger partial charge in [0.05, 0.1) is 13.2 Å². The van der Waals surface area contributed by atoms with Crippen LogP contribution in [-0.2, 0) is 4.74 Å². The Kier molecular flexibility index (Phi) is 23.8. The van der Waals surface area contributed by atoms with Crippen molar-refractivity contribution in [3.05, 3.63) is 0 Å². The molecule has 0 bridgehead atoms. The van der Waals surface area contributed by atoms with E-state index in [1.54, 1.807) is 0 Å². The molecule has 106 valence electrons. The highest BCUT2D eigenvalue weighted by atomic mass is 16.5. The molecule has 0 aromatic carbocycles. The lowest BCUT2D eigenvalue weighted by molar-refractivity contribution is 0.132. The van der Waals surface area contributed by atoms with Crippen LogP contribution in [0.3, 0.4) is 0 Å². The molecule has 0 radical (unpaired) electrons. The maximum Gasteiger partial charge on any atom is 0.0662 e. The van der Waals surface area contributed by atoms with Crippen LogP contribution in [-0.4, -0.2) is 49.7 Å². The van der Waals surface area contributed by atoms with Crippen molar-refractivity contribution in [2.24, 2.45) is 11.5 Å². The van der Waals surface area contributed by atoms with E-state index in [9.17, 15) is 0 Å². The van der Waals surface area contributed by atoms with Gasteiger partial charge < -0.3 is 26.4 Å². The van der Waals surface area contributed by atoms with E-state index in [4.69, 9.17) is 26.4 Å². The average molecular weight is 250 g/mol. The van der Waals surface area contributed by atoms with Crippen LogP contribution in [0.1, 0.15) is 38.5 Å². The number of nitrogens with two attached hydrogens (primary N) is 2. The summed E-state index contributed by atoms with van der Waals surface area (Å²) < 4.78 is 5.15. The fourth-order valence-electron chi connectivity index (χ4n) is 0.723. The van der Waals surface area contributed by atoms with Crippen LogP contribution in [0.2, 0.25) is 0 Å². The Morgan fingerprint density at radius 2 is 1.12 bits per heavy atom. The van der Waals surface area contributed by atoms with Gasteiger partial charge in [0.1, 0.15) is 0 Å². The first-order chi connectivity index (χ1) is 8.33. The van der Waals surface area contributed by atoms with Crippen molar-refractivity contribution < 1.29 is 14.9 Å². The molecule has 0 spiro atoms. The zero-order valence-electron chi connectivity index (χ0n) is 10.9. The van der Waals surface area contributed by atoms with E-state index in [2.05, 4.69) is 0 Å². The second-order valence-electron chi connectivity index (χ2n) is 3.76. The highest BCUT2D eigenvalue weighted by Gasteiger charge is 1.95. The van der Waals surface area contributed by atoms with Gasteiger partial charge in [-0.25, -0.2) is 0 Å². The Balaban J connectivity index is 0. The number of ether oxygens (including phenoxy) is 1. The topological polar surface area (TPSA) is 102 Å². The molecule has 6 N–H and O–H groups in total. The minimum atomic E-state index is -0.125. The Hall–Kier alpha value is -0.200. The van der Waals surface area contributed by atoms with Crippen molar-refractivity contribution in [1.29, 1.82) is 0 Å². The zero-order chi connectivity index (χ0) is 13.2. The maximum atomic E-state index is 7.62. The van der Waals surface area contributed by atoms with Crippen LogP contribution in [0.15, 0.2) is 0 Å². The minimum absolute atomic E-state index is 0.125. The summed E-state index contributed by atoms with van der Waals surface area (Å²) in [6.45, 7) is 2.72. The first kappa shape index (κ1) is 19.1. The highest BCUT2D eigenvalue weighted by molar-refractivity contribution is 4.50. The van der Waals surface area contributed by atoms with Crippen LogP contribution < -0.4 is 11.5 Å². The molecule has 1 rings (SSSR count). The third kappa shape index (κ3) is 25.8. The van der Waals surface area contributed by atoms with Crippen LogP contribution in [0.5, 0.6) is 0 Å². The second-order valence-corrected chi connectivity index (χ2v) is 3.76. The summed E-state index contributed by atoms with van der Waals surface area (Å²) in [4.78, 5) is 0. The third-order valence-electron chi connectivity index (χ3n) is 2.09. The molecule has 1 aliphatic rings. The van der Waals surface area contributed by atoms with Gasteiger partial charge in [-0.1, -0.05) is 25.7 Å². The number of hydrogen-bond acceptors (Lipinski definition) is 5. The van der Waals surface area contributed by atoms with Crippen molar-refractivity contribution in [2.75, 3.05) is 39.5 Å². The number of aliphatic hydroxyl groups is 2. The monoisotopic (exact) mass is 250 g/mol. The van der Waals surface area contributed by atoms with Gasteiger partial charge in [-0.2, -0.15) is 0 Å². The summed E-state index contributed by atoms with van der Waals surface area (Å²) in [6.07, 6.45) is 7.90. The summed E-state index contributed by atoms with van der Waals surface area (Å²) >= 11 is 0. The van der Waals surface area contributed by atoms with Crippen molar-refractivity contribution in [3.63, 3.8) is 0 Å². The highest BCUT2D eigenvalue weighted by Crippen LogP contribution is 2.15. The average Bonchev–Trinajstić information content (AvgIpc) is 2.27. The molecule has 0 saturated heterocycles. The Bertz CT molecular complexity index is 99.9. The Labute approximate surface area is 105 Å². The van der Waals surface area contributed by atoms with Crippen molar-refractivity contribution in [2.45, 2.75) is 38.5 Å². The number of aliphatic hydroxyl groups excluding tert-OH is 2. The van der Waals surface area contributed by atoms with Gasteiger partial charge in [-0.3, -0.25) is 0 Å². The molecule has 5 nitrogen and oxygen atoms in total. The van der Waals surface area contributed by atoms with Crippen molar-refractivity contribution in [3.8, 4) is 0 Å². The second kappa shape index (κ2) is 21.1. The van der Waals surface area contributed by atoms with Gasteiger partial charge >= 0.3 is 0 Å². The van der Waals surface area contributed by atoms with Gasteiger partial charge in [-0.05, 0) is 25.9 Å². The smallest absolute Gasteiger partial charge is 0.0662 e. The lowest BCUT2D eigenvalue weighted by Gasteiger charge is -2.05. The molecule has 17 heavy (non-hydrogen) atoms. The fourth-order valence-corrected chi connectivity index (χ4v) is 0.723. The number of hydrogen-bond donors (Lipinski definition) is 4. The zero-order valence-corrected chi connectivity index (χ0v) is 10.9. The maximum absolute atomic E-state index is 7.62. The molecule has 1 saturated carbocycles. The Morgan fingerprint density at radius 3 is 1.29 bits per heavy atom. The van der Waals surface area contributed by atoms with Crippen molar-refractivity contribution >= 4 is 0 Å². The van der Waals surface area contributed by atoms with E-state index in [-0.39, 0.29) is 13.2 Å². The summed E-state index contributed by atoms with van der Waals surface area (Å²) in [5.41, 5.74) is 10.5. The van der Waals surface area contributed by atoms with E-state index in [1.807, 2.05) is 0 Å².